The average molecular weight is 375 g/mol. The number of carboxylic acids is 1. The zero-order valence-corrected chi connectivity index (χ0v) is 14.5. The quantitative estimate of drug-likeness (QED) is 0.397. The lowest BCUT2D eigenvalue weighted by molar-refractivity contribution is -0.372. The number of nitrogens with one attached hydrogen (secondary N) is 2. The topological polar surface area (TPSA) is 180 Å². The minimum atomic E-state index is -3.92. The summed E-state index contributed by atoms with van der Waals surface area (Å²) in [5.74, 6) is -2.58. The lowest BCUT2D eigenvalue weighted by Gasteiger charge is -2.08. The van der Waals surface area contributed by atoms with E-state index in [1.54, 1.807) is 4.72 Å². The summed E-state index contributed by atoms with van der Waals surface area (Å²) in [5.41, 5.74) is 3.66. The van der Waals surface area contributed by atoms with Crippen LogP contribution >= 0.6 is 0 Å². The van der Waals surface area contributed by atoms with Crippen LogP contribution in [-0.4, -0.2) is 44.5 Å². The molecule has 0 fully saturated rings. The molecular formula is C14H21N3O7S. The number of amides is 2. The SMILES string of the molecule is CC(=O)NS(=O)(=O)c1ccc(NC(=O)CCC(=O)[O-])cc1.[NH3+]CCO. The van der Waals surface area contributed by atoms with Crippen molar-refractivity contribution in [3.8, 4) is 0 Å². The zero-order valence-electron chi connectivity index (χ0n) is 13.6. The summed E-state index contributed by atoms with van der Waals surface area (Å²) in [6.07, 6.45) is -0.644. The highest BCUT2D eigenvalue weighted by Crippen LogP contribution is 2.14. The van der Waals surface area contributed by atoms with E-state index < -0.39 is 34.2 Å². The summed E-state index contributed by atoms with van der Waals surface area (Å²) in [7, 11) is -3.92. The molecule has 1 aromatic carbocycles. The van der Waals surface area contributed by atoms with Gasteiger partial charge in [-0.25, -0.2) is 13.1 Å². The Morgan fingerprint density at radius 1 is 1.16 bits per heavy atom. The monoisotopic (exact) mass is 375 g/mol. The third-order valence-corrected chi connectivity index (χ3v) is 3.89. The van der Waals surface area contributed by atoms with Gasteiger partial charge in [-0.2, -0.15) is 0 Å². The molecule has 0 radical (unpaired) electrons. The number of benzene rings is 1. The van der Waals surface area contributed by atoms with Crippen LogP contribution in [0.5, 0.6) is 0 Å². The Hall–Kier alpha value is -2.50. The van der Waals surface area contributed by atoms with Crippen molar-refractivity contribution >= 4 is 33.5 Å². The lowest BCUT2D eigenvalue weighted by atomic mass is 10.2. The van der Waals surface area contributed by atoms with E-state index >= 15 is 0 Å². The first-order chi connectivity index (χ1) is 11.6. The van der Waals surface area contributed by atoms with E-state index in [0.717, 1.165) is 6.92 Å². The van der Waals surface area contributed by atoms with Gasteiger partial charge in [0.1, 0.15) is 0 Å². The molecule has 0 aliphatic rings. The smallest absolute Gasteiger partial charge is 0.264 e. The molecule has 0 aliphatic carbocycles. The molecule has 0 unspecified atom stereocenters. The Morgan fingerprint density at radius 3 is 2.08 bits per heavy atom. The number of hydrogen-bond acceptors (Lipinski definition) is 7. The maximum atomic E-state index is 11.7. The summed E-state index contributed by atoms with van der Waals surface area (Å²) >= 11 is 0. The van der Waals surface area contributed by atoms with Crippen LogP contribution in [0, 0.1) is 0 Å². The van der Waals surface area contributed by atoms with Gasteiger partial charge in [-0.05, 0) is 30.7 Å². The van der Waals surface area contributed by atoms with Gasteiger partial charge in [0.25, 0.3) is 10.0 Å². The standard InChI is InChI=1S/C12H14N2O6S.C2H7NO/c1-8(15)14-21(19,20)10-4-2-9(3-5-10)13-11(16)6-7-12(17)18;3-1-2-4/h2-5H,6-7H2,1H3,(H,13,16)(H,14,15)(H,17,18);4H,1-3H2. The fraction of sp³-hybridized carbons (Fsp3) is 0.357. The maximum absolute atomic E-state index is 11.7. The Labute approximate surface area is 145 Å². The molecule has 140 valence electrons. The van der Waals surface area contributed by atoms with Gasteiger partial charge in [-0.1, -0.05) is 0 Å². The number of aliphatic carboxylic acids is 1. The number of anilines is 1. The van der Waals surface area contributed by atoms with Crippen molar-refractivity contribution in [1.82, 2.24) is 4.72 Å². The van der Waals surface area contributed by atoms with Crippen molar-refractivity contribution < 1.29 is 38.7 Å². The van der Waals surface area contributed by atoms with E-state index in [9.17, 15) is 27.9 Å². The third-order valence-electron chi connectivity index (χ3n) is 2.44. The molecule has 0 heterocycles. The Kier molecular flexibility index (Phi) is 10.0. The van der Waals surface area contributed by atoms with Crippen LogP contribution in [0.15, 0.2) is 29.2 Å². The molecule has 0 saturated heterocycles. The van der Waals surface area contributed by atoms with Gasteiger partial charge in [0.05, 0.1) is 18.0 Å². The van der Waals surface area contributed by atoms with Crippen molar-refractivity contribution in [2.75, 3.05) is 18.5 Å². The number of sulfonamides is 1. The normalized spacial score (nSPS) is 10.2. The number of rotatable bonds is 7. The molecule has 0 bridgehead atoms. The van der Waals surface area contributed by atoms with Crippen LogP contribution in [-0.2, 0) is 24.4 Å². The first-order valence-corrected chi connectivity index (χ1v) is 8.64. The van der Waals surface area contributed by atoms with Gasteiger partial charge < -0.3 is 26.1 Å². The number of quaternary nitrogens is 1. The van der Waals surface area contributed by atoms with E-state index in [1.165, 1.54) is 24.3 Å². The highest BCUT2D eigenvalue weighted by Gasteiger charge is 2.15. The number of carbonyl (C=O) groups excluding carboxylic acids is 3. The molecule has 0 spiro atoms. The second-order valence-electron chi connectivity index (χ2n) is 4.68. The zero-order chi connectivity index (χ0) is 19.5. The predicted molar refractivity (Wildman–Crippen MR) is 85.2 cm³/mol. The van der Waals surface area contributed by atoms with E-state index in [4.69, 9.17) is 5.11 Å². The van der Waals surface area contributed by atoms with Gasteiger partial charge in [0.2, 0.25) is 11.8 Å². The number of aliphatic hydroxyl groups is 1. The highest BCUT2D eigenvalue weighted by atomic mass is 32.2. The molecule has 0 atom stereocenters. The van der Waals surface area contributed by atoms with Crippen LogP contribution in [0.4, 0.5) is 5.69 Å². The fourth-order valence-corrected chi connectivity index (χ4v) is 2.40. The van der Waals surface area contributed by atoms with Crippen LogP contribution in [0.25, 0.3) is 0 Å². The van der Waals surface area contributed by atoms with Gasteiger partial charge in [-0.3, -0.25) is 9.59 Å². The van der Waals surface area contributed by atoms with Crippen LogP contribution in [0.3, 0.4) is 0 Å². The van der Waals surface area contributed by atoms with E-state index in [1.807, 2.05) is 0 Å². The molecule has 10 nitrogen and oxygen atoms in total. The van der Waals surface area contributed by atoms with Crippen LogP contribution in [0.2, 0.25) is 0 Å². The van der Waals surface area contributed by atoms with Crippen LogP contribution < -0.4 is 20.9 Å². The summed E-state index contributed by atoms with van der Waals surface area (Å²) < 4.78 is 25.1. The van der Waals surface area contributed by atoms with Crippen molar-refractivity contribution in [1.29, 1.82) is 0 Å². The van der Waals surface area contributed by atoms with Gasteiger partial charge in [0.15, 0.2) is 0 Å². The number of hydrogen-bond donors (Lipinski definition) is 4. The second kappa shape index (κ2) is 11.1. The summed E-state index contributed by atoms with van der Waals surface area (Å²) in [6.45, 7) is 1.91. The van der Waals surface area contributed by atoms with E-state index in [0.29, 0.717) is 12.2 Å². The Bertz CT molecular complexity index is 685. The predicted octanol–water partition coefficient (Wildman–Crippen LogP) is -2.80. The van der Waals surface area contributed by atoms with Crippen molar-refractivity contribution in [2.24, 2.45) is 0 Å². The van der Waals surface area contributed by atoms with Crippen molar-refractivity contribution in [3.05, 3.63) is 24.3 Å². The molecule has 25 heavy (non-hydrogen) atoms. The molecular weight excluding hydrogens is 354 g/mol. The summed E-state index contributed by atoms with van der Waals surface area (Å²) in [4.78, 5) is 32.2. The number of carboxylic acid groups (broad SMARTS) is 1. The first kappa shape index (κ1) is 22.5. The molecule has 1 rings (SSSR count). The molecule has 0 aliphatic heterocycles. The molecule has 11 heteroatoms. The number of aliphatic hydroxyl groups excluding tert-OH is 1. The highest BCUT2D eigenvalue weighted by molar-refractivity contribution is 7.90. The molecule has 0 aromatic heterocycles. The van der Waals surface area contributed by atoms with Crippen LogP contribution in [0.1, 0.15) is 19.8 Å². The largest absolute Gasteiger partial charge is 0.550 e. The minimum absolute atomic E-state index is 0.134. The van der Waals surface area contributed by atoms with Crippen molar-refractivity contribution in [2.45, 2.75) is 24.7 Å². The molecule has 0 saturated carbocycles. The van der Waals surface area contributed by atoms with E-state index in [-0.39, 0.29) is 17.9 Å². The average Bonchev–Trinajstić information content (AvgIpc) is 2.52. The summed E-state index contributed by atoms with van der Waals surface area (Å²) in [6, 6.07) is 5.07. The van der Waals surface area contributed by atoms with Gasteiger partial charge in [0, 0.05) is 25.0 Å². The first-order valence-electron chi connectivity index (χ1n) is 7.15. The van der Waals surface area contributed by atoms with Gasteiger partial charge in [-0.15, -0.1) is 0 Å². The Balaban J connectivity index is 0.00000129. The lowest BCUT2D eigenvalue weighted by Crippen LogP contribution is -2.51. The van der Waals surface area contributed by atoms with Crippen molar-refractivity contribution in [3.63, 3.8) is 0 Å². The minimum Gasteiger partial charge on any atom is -0.550 e. The summed E-state index contributed by atoms with van der Waals surface area (Å²) in [5, 5.41) is 20.4. The third kappa shape index (κ3) is 10.1. The molecule has 6 N–H and O–H groups in total. The second-order valence-corrected chi connectivity index (χ2v) is 6.37. The van der Waals surface area contributed by atoms with E-state index in [2.05, 4.69) is 11.1 Å². The van der Waals surface area contributed by atoms with Gasteiger partial charge >= 0.3 is 0 Å². The molecule has 1 aromatic rings. The fourth-order valence-electron chi connectivity index (χ4n) is 1.40. The maximum Gasteiger partial charge on any atom is 0.264 e. The molecule has 2 amide bonds. The number of carbonyl (C=O) groups is 3. The Morgan fingerprint density at radius 2 is 1.68 bits per heavy atom.